The molecule has 92 valence electrons. The molecule has 0 saturated carbocycles. The van der Waals surface area contributed by atoms with Gasteiger partial charge in [0, 0.05) is 23.2 Å². The van der Waals surface area contributed by atoms with Gasteiger partial charge in [0.05, 0.1) is 5.25 Å². The number of ketones is 1. The maximum atomic E-state index is 12.7. The minimum atomic E-state index is -0.253. The highest BCUT2D eigenvalue weighted by atomic mass is 32.2. The summed E-state index contributed by atoms with van der Waals surface area (Å²) in [5, 5.41) is 0.487. The fourth-order valence-electron chi connectivity index (χ4n) is 1.89. The summed E-state index contributed by atoms with van der Waals surface area (Å²) in [6.07, 6.45) is 0.419. The zero-order valence-electron chi connectivity index (χ0n) is 9.69. The third-order valence-electron chi connectivity index (χ3n) is 2.80. The molecule has 0 aliphatic carbocycles. The number of halogens is 1. The summed E-state index contributed by atoms with van der Waals surface area (Å²) >= 11 is 3.62. The van der Waals surface area contributed by atoms with E-state index in [0.717, 1.165) is 17.1 Å². The van der Waals surface area contributed by atoms with E-state index >= 15 is 0 Å². The van der Waals surface area contributed by atoms with Crippen molar-refractivity contribution in [2.75, 3.05) is 11.5 Å². The van der Waals surface area contributed by atoms with Gasteiger partial charge in [0.15, 0.2) is 5.78 Å². The van der Waals surface area contributed by atoms with E-state index in [9.17, 15) is 9.18 Å². The van der Waals surface area contributed by atoms with E-state index in [-0.39, 0.29) is 16.9 Å². The van der Waals surface area contributed by atoms with Crippen LogP contribution in [0.2, 0.25) is 0 Å². The number of benzene rings is 1. The van der Waals surface area contributed by atoms with Gasteiger partial charge in [0.25, 0.3) is 0 Å². The summed E-state index contributed by atoms with van der Waals surface area (Å²) in [5.74, 6) is 2.19. The molecular weight excluding hydrogens is 255 g/mol. The maximum Gasteiger partial charge on any atom is 0.151 e. The molecular formula is C13H15FOS2. The van der Waals surface area contributed by atoms with Crippen LogP contribution in [0, 0.1) is 5.82 Å². The second-order valence-corrected chi connectivity index (χ2v) is 6.87. The van der Waals surface area contributed by atoms with E-state index in [1.807, 2.05) is 11.8 Å². The number of hydrogen-bond donors (Lipinski definition) is 0. The Kier molecular flexibility index (Phi) is 4.51. The lowest BCUT2D eigenvalue weighted by Crippen LogP contribution is -2.32. The van der Waals surface area contributed by atoms with Crippen LogP contribution in [-0.4, -0.2) is 27.8 Å². The smallest absolute Gasteiger partial charge is 0.151 e. The van der Waals surface area contributed by atoms with Gasteiger partial charge < -0.3 is 0 Å². The molecule has 0 aromatic heterocycles. The summed E-state index contributed by atoms with van der Waals surface area (Å²) in [6.45, 7) is 2.12. The summed E-state index contributed by atoms with van der Waals surface area (Å²) in [6, 6.07) is 6.21. The van der Waals surface area contributed by atoms with Crippen LogP contribution < -0.4 is 0 Å². The molecule has 4 heteroatoms. The quantitative estimate of drug-likeness (QED) is 0.840. The Hall–Kier alpha value is -0.480. The number of thioether (sulfide) groups is 2. The first-order valence-corrected chi connectivity index (χ1v) is 7.77. The fraction of sp³-hybridized carbons (Fsp3) is 0.462. The summed E-state index contributed by atoms with van der Waals surface area (Å²) in [4.78, 5) is 12.1. The average Bonchev–Trinajstić information content (AvgIpc) is 2.32. The molecule has 2 atom stereocenters. The molecule has 0 bridgehead atoms. The van der Waals surface area contributed by atoms with Gasteiger partial charge in [-0.2, -0.15) is 11.8 Å². The van der Waals surface area contributed by atoms with Gasteiger partial charge in [-0.05, 0) is 17.7 Å². The standard InChI is InChI=1S/C13H15FOS2/c1-9-13(17-7-6-16-9)12(15)8-10-2-4-11(14)5-3-10/h2-5,9,13H,6-8H2,1H3. The minimum Gasteiger partial charge on any atom is -0.298 e. The molecule has 0 N–H and O–H groups in total. The number of Topliss-reactive ketones (excluding diaryl/α,β-unsaturated/α-hetero) is 1. The molecule has 1 aliphatic heterocycles. The van der Waals surface area contributed by atoms with Gasteiger partial charge in [-0.1, -0.05) is 19.1 Å². The topological polar surface area (TPSA) is 17.1 Å². The molecule has 1 saturated heterocycles. The minimum absolute atomic E-state index is 0.0961. The largest absolute Gasteiger partial charge is 0.298 e. The number of carbonyl (C=O) groups excluding carboxylic acids is 1. The normalized spacial score (nSPS) is 24.6. The lowest BCUT2D eigenvalue weighted by molar-refractivity contribution is -0.117. The van der Waals surface area contributed by atoms with Crippen molar-refractivity contribution in [3.05, 3.63) is 35.6 Å². The van der Waals surface area contributed by atoms with E-state index in [1.54, 1.807) is 23.9 Å². The van der Waals surface area contributed by atoms with E-state index < -0.39 is 0 Å². The maximum absolute atomic E-state index is 12.7. The predicted octanol–water partition coefficient (Wildman–Crippen LogP) is 3.17. The lowest BCUT2D eigenvalue weighted by atomic mass is 10.1. The first-order chi connectivity index (χ1) is 8.16. The molecule has 17 heavy (non-hydrogen) atoms. The first kappa shape index (κ1) is 13.0. The molecule has 1 fully saturated rings. The average molecular weight is 270 g/mol. The van der Waals surface area contributed by atoms with Crippen molar-refractivity contribution >= 4 is 29.3 Å². The summed E-state index contributed by atoms with van der Waals surface area (Å²) < 4.78 is 12.7. The van der Waals surface area contributed by atoms with Crippen LogP contribution in [-0.2, 0) is 11.2 Å². The Labute approximate surface area is 110 Å². The third kappa shape index (κ3) is 3.49. The van der Waals surface area contributed by atoms with Crippen LogP contribution in [0.25, 0.3) is 0 Å². The molecule has 0 amide bonds. The first-order valence-electron chi connectivity index (χ1n) is 5.67. The van der Waals surface area contributed by atoms with Gasteiger partial charge in [0.2, 0.25) is 0 Å². The van der Waals surface area contributed by atoms with E-state index in [4.69, 9.17) is 0 Å². The van der Waals surface area contributed by atoms with Crippen LogP contribution in [0.3, 0.4) is 0 Å². The Balaban J connectivity index is 1.98. The van der Waals surface area contributed by atoms with Crippen LogP contribution in [0.4, 0.5) is 4.39 Å². The van der Waals surface area contributed by atoms with Crippen molar-refractivity contribution in [1.82, 2.24) is 0 Å². The number of hydrogen-bond acceptors (Lipinski definition) is 3. The lowest BCUT2D eigenvalue weighted by Gasteiger charge is -2.26. The van der Waals surface area contributed by atoms with Gasteiger partial charge in [-0.3, -0.25) is 4.79 Å². The van der Waals surface area contributed by atoms with Crippen LogP contribution in [0.1, 0.15) is 12.5 Å². The molecule has 1 aromatic rings. The molecule has 1 heterocycles. The van der Waals surface area contributed by atoms with Crippen molar-refractivity contribution in [2.24, 2.45) is 0 Å². The Bertz CT molecular complexity index is 391. The third-order valence-corrected chi connectivity index (χ3v) is 5.94. The molecule has 1 aromatic carbocycles. The summed E-state index contributed by atoms with van der Waals surface area (Å²) in [5.41, 5.74) is 0.903. The van der Waals surface area contributed by atoms with Crippen molar-refractivity contribution < 1.29 is 9.18 Å². The number of carbonyl (C=O) groups is 1. The SMILES string of the molecule is CC1SCCSC1C(=O)Cc1ccc(F)cc1. The highest BCUT2D eigenvalue weighted by Gasteiger charge is 2.28. The highest BCUT2D eigenvalue weighted by molar-refractivity contribution is 8.07. The van der Waals surface area contributed by atoms with Gasteiger partial charge in [-0.25, -0.2) is 4.39 Å². The van der Waals surface area contributed by atoms with Crippen LogP contribution >= 0.6 is 23.5 Å². The monoisotopic (exact) mass is 270 g/mol. The fourth-order valence-corrected chi connectivity index (χ4v) is 4.62. The molecule has 2 unspecified atom stereocenters. The van der Waals surface area contributed by atoms with Gasteiger partial charge >= 0.3 is 0 Å². The van der Waals surface area contributed by atoms with E-state index in [2.05, 4.69) is 6.92 Å². The predicted molar refractivity (Wildman–Crippen MR) is 73.3 cm³/mol. The molecule has 0 radical (unpaired) electrons. The zero-order valence-corrected chi connectivity index (χ0v) is 11.3. The van der Waals surface area contributed by atoms with Crippen molar-refractivity contribution in [2.45, 2.75) is 23.8 Å². The Morgan fingerprint density at radius 2 is 1.94 bits per heavy atom. The van der Waals surface area contributed by atoms with Gasteiger partial charge in [0.1, 0.15) is 5.82 Å². The number of rotatable bonds is 3. The second-order valence-electron chi connectivity index (χ2n) is 4.14. The van der Waals surface area contributed by atoms with Crippen LogP contribution in [0.5, 0.6) is 0 Å². The summed E-state index contributed by atoms with van der Waals surface area (Å²) in [7, 11) is 0. The van der Waals surface area contributed by atoms with E-state index in [0.29, 0.717) is 11.7 Å². The molecule has 2 rings (SSSR count). The zero-order chi connectivity index (χ0) is 12.3. The second kappa shape index (κ2) is 5.91. The van der Waals surface area contributed by atoms with Crippen LogP contribution in [0.15, 0.2) is 24.3 Å². The highest BCUT2D eigenvalue weighted by Crippen LogP contribution is 2.32. The van der Waals surface area contributed by atoms with E-state index in [1.165, 1.54) is 12.1 Å². The van der Waals surface area contributed by atoms with Crippen molar-refractivity contribution in [3.63, 3.8) is 0 Å². The Morgan fingerprint density at radius 1 is 1.29 bits per heavy atom. The molecule has 1 nitrogen and oxygen atoms in total. The van der Waals surface area contributed by atoms with Crippen molar-refractivity contribution in [1.29, 1.82) is 0 Å². The Morgan fingerprint density at radius 3 is 2.59 bits per heavy atom. The van der Waals surface area contributed by atoms with Crippen molar-refractivity contribution in [3.8, 4) is 0 Å². The molecule has 1 aliphatic rings. The molecule has 0 spiro atoms. The van der Waals surface area contributed by atoms with Gasteiger partial charge in [-0.15, -0.1) is 11.8 Å².